The van der Waals surface area contributed by atoms with Crippen LogP contribution in [-0.2, 0) is 0 Å². The summed E-state index contributed by atoms with van der Waals surface area (Å²) >= 11 is 11.8. The van der Waals surface area contributed by atoms with Crippen molar-refractivity contribution in [2.45, 2.75) is 37.8 Å². The predicted octanol–water partition coefficient (Wildman–Crippen LogP) is 3.54. The van der Waals surface area contributed by atoms with Crippen molar-refractivity contribution in [1.82, 2.24) is 0 Å². The fraction of sp³-hybridized carbons (Fsp3) is 0.538. The number of rotatable bonds is 3. The van der Waals surface area contributed by atoms with E-state index >= 15 is 0 Å². The van der Waals surface area contributed by atoms with Crippen molar-refractivity contribution in [3.8, 4) is 0 Å². The molecule has 1 aromatic rings. The van der Waals surface area contributed by atoms with Crippen molar-refractivity contribution in [3.05, 3.63) is 33.8 Å². The van der Waals surface area contributed by atoms with Gasteiger partial charge in [-0.3, -0.25) is 0 Å². The Hall–Kier alpha value is -0.280. The normalized spacial score (nSPS) is 20.5. The zero-order valence-corrected chi connectivity index (χ0v) is 11.1. The van der Waals surface area contributed by atoms with Gasteiger partial charge in [-0.1, -0.05) is 42.1 Å². The largest absolute Gasteiger partial charge is 0.391 e. The van der Waals surface area contributed by atoms with Crippen molar-refractivity contribution in [1.29, 1.82) is 0 Å². The molecule has 1 aromatic carbocycles. The van der Waals surface area contributed by atoms with Gasteiger partial charge >= 0.3 is 0 Å². The molecule has 2 atom stereocenters. The van der Waals surface area contributed by atoms with Crippen LogP contribution in [0.2, 0.25) is 10.0 Å². The maximum atomic E-state index is 10.2. The van der Waals surface area contributed by atoms with E-state index in [0.29, 0.717) is 16.0 Å². The highest BCUT2D eigenvalue weighted by Crippen LogP contribution is 2.33. The third-order valence-electron chi connectivity index (χ3n) is 3.58. The van der Waals surface area contributed by atoms with Crippen LogP contribution in [0.3, 0.4) is 0 Å². The summed E-state index contributed by atoms with van der Waals surface area (Å²) in [6, 6.07) is 4.91. The quantitative estimate of drug-likeness (QED) is 0.885. The molecule has 1 aliphatic carbocycles. The van der Waals surface area contributed by atoms with Crippen molar-refractivity contribution < 1.29 is 5.11 Å². The van der Waals surface area contributed by atoms with Gasteiger partial charge in [0, 0.05) is 0 Å². The van der Waals surface area contributed by atoms with E-state index in [-0.39, 0.29) is 6.04 Å². The number of hydrogen-bond donors (Lipinski definition) is 2. The second kappa shape index (κ2) is 5.57. The third-order valence-corrected chi connectivity index (χ3v) is 4.32. The molecule has 2 nitrogen and oxygen atoms in total. The van der Waals surface area contributed by atoms with E-state index in [9.17, 15) is 5.11 Å². The van der Waals surface area contributed by atoms with Crippen LogP contribution >= 0.6 is 23.2 Å². The smallest absolute Gasteiger partial charge is 0.0760 e. The lowest BCUT2D eigenvalue weighted by Crippen LogP contribution is -2.31. The first-order chi connectivity index (χ1) is 8.09. The van der Waals surface area contributed by atoms with Gasteiger partial charge in [0.05, 0.1) is 22.2 Å². The second-order valence-electron chi connectivity index (χ2n) is 4.73. The number of benzene rings is 1. The molecule has 0 unspecified atom stereocenters. The van der Waals surface area contributed by atoms with Crippen LogP contribution in [0, 0.1) is 5.92 Å². The van der Waals surface area contributed by atoms with Gasteiger partial charge in [0.15, 0.2) is 0 Å². The first-order valence-corrected chi connectivity index (χ1v) is 6.74. The monoisotopic (exact) mass is 273 g/mol. The molecule has 0 aromatic heterocycles. The van der Waals surface area contributed by atoms with Crippen LogP contribution in [0.15, 0.2) is 18.2 Å². The molecule has 4 heteroatoms. The van der Waals surface area contributed by atoms with Crippen LogP contribution in [0.25, 0.3) is 0 Å². The Morgan fingerprint density at radius 2 is 1.82 bits per heavy atom. The van der Waals surface area contributed by atoms with Crippen molar-refractivity contribution in [3.63, 3.8) is 0 Å². The summed E-state index contributed by atoms with van der Waals surface area (Å²) < 4.78 is 0. The molecule has 1 aliphatic rings. The lowest BCUT2D eigenvalue weighted by atomic mass is 9.91. The molecule has 17 heavy (non-hydrogen) atoms. The highest BCUT2D eigenvalue weighted by Gasteiger charge is 2.28. The molecule has 0 spiro atoms. The van der Waals surface area contributed by atoms with Gasteiger partial charge in [-0.2, -0.15) is 0 Å². The first-order valence-electron chi connectivity index (χ1n) is 5.98. The minimum Gasteiger partial charge on any atom is -0.391 e. The van der Waals surface area contributed by atoms with Crippen molar-refractivity contribution in [2.24, 2.45) is 11.7 Å². The molecule has 0 radical (unpaired) electrons. The van der Waals surface area contributed by atoms with E-state index < -0.39 is 6.10 Å². The Bertz CT molecular complexity index is 391. The molecular formula is C13H17Cl2NO. The SMILES string of the molecule is N[C@H](c1ccc(Cl)c(Cl)c1)[C@@H](O)C1CCCC1. The maximum Gasteiger partial charge on any atom is 0.0760 e. The summed E-state index contributed by atoms with van der Waals surface area (Å²) in [5.74, 6) is 0.319. The van der Waals surface area contributed by atoms with E-state index in [4.69, 9.17) is 28.9 Å². The minimum atomic E-state index is -0.491. The van der Waals surface area contributed by atoms with Gasteiger partial charge in [0.2, 0.25) is 0 Å². The lowest BCUT2D eigenvalue weighted by molar-refractivity contribution is 0.0845. The first kappa shape index (κ1) is 13.2. The summed E-state index contributed by atoms with van der Waals surface area (Å²) in [6.45, 7) is 0. The van der Waals surface area contributed by atoms with Gasteiger partial charge in [-0.15, -0.1) is 0 Å². The second-order valence-corrected chi connectivity index (χ2v) is 5.55. The molecule has 0 heterocycles. The predicted molar refractivity (Wildman–Crippen MR) is 71.4 cm³/mol. The van der Waals surface area contributed by atoms with Gasteiger partial charge in [-0.05, 0) is 36.5 Å². The highest BCUT2D eigenvalue weighted by molar-refractivity contribution is 6.42. The van der Waals surface area contributed by atoms with E-state index in [1.165, 1.54) is 12.8 Å². The number of hydrogen-bond acceptors (Lipinski definition) is 2. The van der Waals surface area contributed by atoms with Crippen LogP contribution in [-0.4, -0.2) is 11.2 Å². The minimum absolute atomic E-state index is 0.319. The summed E-state index contributed by atoms with van der Waals surface area (Å²) in [5.41, 5.74) is 6.93. The number of aliphatic hydroxyl groups is 1. The molecule has 1 saturated carbocycles. The fourth-order valence-corrected chi connectivity index (χ4v) is 2.82. The van der Waals surface area contributed by atoms with E-state index in [1.54, 1.807) is 12.1 Å². The van der Waals surface area contributed by atoms with Gasteiger partial charge in [0.1, 0.15) is 0 Å². The Morgan fingerprint density at radius 1 is 1.18 bits per heavy atom. The lowest BCUT2D eigenvalue weighted by Gasteiger charge is -2.24. The zero-order chi connectivity index (χ0) is 12.4. The van der Waals surface area contributed by atoms with Crippen LogP contribution in [0.4, 0.5) is 0 Å². The molecule has 0 amide bonds. The molecule has 0 saturated heterocycles. The molecule has 94 valence electrons. The Balaban J connectivity index is 2.12. The molecule has 2 rings (SSSR count). The zero-order valence-electron chi connectivity index (χ0n) is 9.57. The van der Waals surface area contributed by atoms with Gasteiger partial charge in [-0.25, -0.2) is 0 Å². The average molecular weight is 274 g/mol. The third kappa shape index (κ3) is 2.94. The topological polar surface area (TPSA) is 46.2 Å². The highest BCUT2D eigenvalue weighted by atomic mass is 35.5. The van der Waals surface area contributed by atoms with E-state index in [0.717, 1.165) is 18.4 Å². The number of aliphatic hydroxyl groups excluding tert-OH is 1. The Labute approximate surface area is 112 Å². The molecule has 0 aliphatic heterocycles. The molecule has 3 N–H and O–H groups in total. The Kier molecular flexibility index (Phi) is 4.31. The number of halogens is 2. The standard InChI is InChI=1S/C13H17Cl2NO/c14-10-6-5-9(7-11(10)15)12(16)13(17)8-3-1-2-4-8/h5-8,12-13,17H,1-4,16H2/t12-,13+/m1/s1. The molecule has 0 bridgehead atoms. The van der Waals surface area contributed by atoms with Crippen LogP contribution in [0.1, 0.15) is 37.3 Å². The van der Waals surface area contributed by atoms with Crippen molar-refractivity contribution >= 4 is 23.2 Å². The van der Waals surface area contributed by atoms with Crippen LogP contribution in [0.5, 0.6) is 0 Å². The Morgan fingerprint density at radius 3 is 2.41 bits per heavy atom. The summed E-state index contributed by atoms with van der Waals surface area (Å²) in [4.78, 5) is 0. The maximum absolute atomic E-state index is 10.2. The molecule has 1 fully saturated rings. The summed E-state index contributed by atoms with van der Waals surface area (Å²) in [5, 5.41) is 11.2. The molecular weight excluding hydrogens is 257 g/mol. The van der Waals surface area contributed by atoms with E-state index in [1.807, 2.05) is 6.07 Å². The van der Waals surface area contributed by atoms with Gasteiger partial charge < -0.3 is 10.8 Å². The van der Waals surface area contributed by atoms with Gasteiger partial charge in [0.25, 0.3) is 0 Å². The van der Waals surface area contributed by atoms with Crippen molar-refractivity contribution in [2.75, 3.05) is 0 Å². The van der Waals surface area contributed by atoms with E-state index in [2.05, 4.69) is 0 Å². The summed E-state index contributed by atoms with van der Waals surface area (Å²) in [7, 11) is 0. The average Bonchev–Trinajstić information content (AvgIpc) is 2.84. The summed E-state index contributed by atoms with van der Waals surface area (Å²) in [6.07, 6.45) is 4.02. The van der Waals surface area contributed by atoms with Crippen LogP contribution < -0.4 is 5.73 Å². The fourth-order valence-electron chi connectivity index (χ4n) is 2.51. The number of nitrogens with two attached hydrogens (primary N) is 1.